The van der Waals surface area contributed by atoms with E-state index in [9.17, 15) is 4.79 Å². The molecule has 0 spiro atoms. The first kappa shape index (κ1) is 21.6. The number of hydrogen-bond acceptors (Lipinski definition) is 4. The predicted octanol–water partition coefficient (Wildman–Crippen LogP) is 6.99. The monoisotopic (exact) mass is 434 g/mol. The number of carbonyl (C=O) groups excluding carboxylic acids is 1. The molecule has 3 aromatic rings. The van der Waals surface area contributed by atoms with Gasteiger partial charge in [0.05, 0.1) is 18.5 Å². The molecule has 0 aliphatic heterocycles. The van der Waals surface area contributed by atoms with Gasteiger partial charge >= 0.3 is 0 Å². The SMILES string of the molecule is COc1ccc(-c2nc(N(C(=O)C3CCCCC3)c3cc(C)ccc3C)sc2C)cc1. The average Bonchev–Trinajstić information content (AvgIpc) is 3.18. The standard InChI is InChI=1S/C26H30N2O2S/c1-17-10-11-18(2)23(16-17)28(25(29)21-8-6-5-7-9-21)26-27-24(19(3)31-26)20-12-14-22(30-4)15-13-20/h10-16,21H,5-9H2,1-4H3. The van der Waals surface area contributed by atoms with Gasteiger partial charge in [0.2, 0.25) is 5.91 Å². The molecule has 2 aromatic carbocycles. The maximum Gasteiger partial charge on any atom is 0.236 e. The third-order valence-corrected chi connectivity index (χ3v) is 7.08. The average molecular weight is 435 g/mol. The highest BCUT2D eigenvalue weighted by molar-refractivity contribution is 7.16. The van der Waals surface area contributed by atoms with E-state index in [1.54, 1.807) is 18.4 Å². The molecule has 162 valence electrons. The molecule has 1 heterocycles. The van der Waals surface area contributed by atoms with Crippen LogP contribution < -0.4 is 9.64 Å². The van der Waals surface area contributed by atoms with Crippen LogP contribution in [0.3, 0.4) is 0 Å². The van der Waals surface area contributed by atoms with E-state index < -0.39 is 0 Å². The Labute approximate surface area is 188 Å². The smallest absolute Gasteiger partial charge is 0.236 e. The van der Waals surface area contributed by atoms with Crippen molar-refractivity contribution in [2.45, 2.75) is 52.9 Å². The van der Waals surface area contributed by atoms with Gasteiger partial charge in [-0.1, -0.05) is 31.4 Å². The summed E-state index contributed by atoms with van der Waals surface area (Å²) < 4.78 is 5.29. The molecular weight excluding hydrogens is 404 g/mol. The Morgan fingerprint density at radius 3 is 2.42 bits per heavy atom. The molecule has 0 N–H and O–H groups in total. The number of aromatic nitrogens is 1. The summed E-state index contributed by atoms with van der Waals surface area (Å²) in [6.07, 6.45) is 5.42. The van der Waals surface area contributed by atoms with E-state index >= 15 is 0 Å². The van der Waals surface area contributed by atoms with Crippen LogP contribution in [0.4, 0.5) is 10.8 Å². The molecule has 4 rings (SSSR count). The van der Waals surface area contributed by atoms with Crippen molar-refractivity contribution in [3.63, 3.8) is 0 Å². The largest absolute Gasteiger partial charge is 0.497 e. The second-order valence-electron chi connectivity index (χ2n) is 8.43. The first-order valence-corrected chi connectivity index (χ1v) is 11.8. The summed E-state index contributed by atoms with van der Waals surface area (Å²) in [5.74, 6) is 1.08. The summed E-state index contributed by atoms with van der Waals surface area (Å²) in [4.78, 5) is 21.8. The van der Waals surface area contributed by atoms with Crippen LogP contribution in [0.15, 0.2) is 42.5 Å². The quantitative estimate of drug-likeness (QED) is 0.435. The van der Waals surface area contributed by atoms with Gasteiger partial charge in [-0.3, -0.25) is 9.69 Å². The third-order valence-electron chi connectivity index (χ3n) is 6.12. The van der Waals surface area contributed by atoms with E-state index in [-0.39, 0.29) is 11.8 Å². The maximum absolute atomic E-state index is 13.8. The number of carbonyl (C=O) groups is 1. The number of amides is 1. The fourth-order valence-electron chi connectivity index (χ4n) is 4.30. The van der Waals surface area contributed by atoms with Gasteiger partial charge in [-0.15, -0.1) is 11.3 Å². The molecule has 5 heteroatoms. The Balaban J connectivity index is 1.78. The van der Waals surface area contributed by atoms with Gasteiger partial charge in [0.25, 0.3) is 0 Å². The number of thiazole rings is 1. The summed E-state index contributed by atoms with van der Waals surface area (Å²) >= 11 is 1.59. The first-order valence-electron chi connectivity index (χ1n) is 11.0. The van der Waals surface area contributed by atoms with Gasteiger partial charge in [0, 0.05) is 16.4 Å². The van der Waals surface area contributed by atoms with Crippen molar-refractivity contribution >= 4 is 28.1 Å². The van der Waals surface area contributed by atoms with Crippen molar-refractivity contribution < 1.29 is 9.53 Å². The molecule has 31 heavy (non-hydrogen) atoms. The molecule has 1 aromatic heterocycles. The lowest BCUT2D eigenvalue weighted by molar-refractivity contribution is -0.122. The molecule has 1 aliphatic rings. The lowest BCUT2D eigenvalue weighted by Crippen LogP contribution is -2.34. The summed E-state index contributed by atoms with van der Waals surface area (Å²) in [6, 6.07) is 14.2. The lowest BCUT2D eigenvalue weighted by Gasteiger charge is -2.29. The summed E-state index contributed by atoms with van der Waals surface area (Å²) in [7, 11) is 1.67. The lowest BCUT2D eigenvalue weighted by atomic mass is 9.88. The fourth-order valence-corrected chi connectivity index (χ4v) is 5.25. The van der Waals surface area contributed by atoms with E-state index in [1.807, 2.05) is 29.2 Å². The minimum Gasteiger partial charge on any atom is -0.497 e. The van der Waals surface area contributed by atoms with Gasteiger partial charge in [0.1, 0.15) is 5.75 Å². The van der Waals surface area contributed by atoms with Crippen LogP contribution in [0.1, 0.15) is 48.1 Å². The molecule has 4 nitrogen and oxygen atoms in total. The molecular formula is C26H30N2O2S. The van der Waals surface area contributed by atoms with Gasteiger partial charge in [0.15, 0.2) is 5.13 Å². The number of methoxy groups -OCH3 is 1. The molecule has 1 amide bonds. The van der Waals surface area contributed by atoms with E-state index in [2.05, 4.69) is 39.0 Å². The van der Waals surface area contributed by atoms with E-state index in [0.29, 0.717) is 0 Å². The summed E-state index contributed by atoms with van der Waals surface area (Å²) in [5.41, 5.74) is 5.14. The zero-order chi connectivity index (χ0) is 22.0. The zero-order valence-electron chi connectivity index (χ0n) is 18.8. The van der Waals surface area contributed by atoms with Crippen molar-refractivity contribution in [1.29, 1.82) is 0 Å². The molecule has 1 aliphatic carbocycles. The molecule has 0 bridgehead atoms. The number of aryl methyl sites for hydroxylation is 3. The number of hydrogen-bond donors (Lipinski definition) is 0. The van der Waals surface area contributed by atoms with Crippen molar-refractivity contribution in [3.8, 4) is 17.0 Å². The van der Waals surface area contributed by atoms with Crippen LogP contribution in [-0.2, 0) is 4.79 Å². The van der Waals surface area contributed by atoms with Crippen LogP contribution in [-0.4, -0.2) is 18.0 Å². The summed E-state index contributed by atoms with van der Waals surface area (Å²) in [6.45, 7) is 6.22. The van der Waals surface area contributed by atoms with Crippen LogP contribution >= 0.6 is 11.3 Å². The van der Waals surface area contributed by atoms with Crippen molar-refractivity contribution in [2.75, 3.05) is 12.0 Å². The van der Waals surface area contributed by atoms with E-state index in [0.717, 1.165) is 69.5 Å². The number of rotatable bonds is 5. The van der Waals surface area contributed by atoms with Crippen molar-refractivity contribution in [2.24, 2.45) is 5.92 Å². The van der Waals surface area contributed by atoms with Gasteiger partial charge in [-0.2, -0.15) is 0 Å². The van der Waals surface area contributed by atoms with Crippen LogP contribution in [0.25, 0.3) is 11.3 Å². The van der Waals surface area contributed by atoms with Crippen molar-refractivity contribution in [3.05, 3.63) is 58.5 Å². The van der Waals surface area contributed by atoms with Crippen LogP contribution in [0.2, 0.25) is 0 Å². The second-order valence-corrected chi connectivity index (χ2v) is 9.61. The highest BCUT2D eigenvalue weighted by atomic mass is 32.1. The third kappa shape index (κ3) is 4.52. The van der Waals surface area contributed by atoms with E-state index in [4.69, 9.17) is 9.72 Å². The Morgan fingerprint density at radius 2 is 1.74 bits per heavy atom. The van der Waals surface area contributed by atoms with Gasteiger partial charge < -0.3 is 4.74 Å². The van der Waals surface area contributed by atoms with Crippen LogP contribution in [0.5, 0.6) is 5.75 Å². The Bertz CT molecular complexity index is 1070. The maximum atomic E-state index is 13.8. The van der Waals surface area contributed by atoms with Gasteiger partial charge in [-0.05, 0) is 75.1 Å². The van der Waals surface area contributed by atoms with E-state index in [1.165, 1.54) is 6.42 Å². The number of ether oxygens (including phenoxy) is 1. The Kier molecular flexibility index (Phi) is 6.42. The number of nitrogens with zero attached hydrogens (tertiary/aromatic N) is 2. The predicted molar refractivity (Wildman–Crippen MR) is 128 cm³/mol. The van der Waals surface area contributed by atoms with Gasteiger partial charge in [-0.25, -0.2) is 4.98 Å². The minimum atomic E-state index is 0.0716. The highest BCUT2D eigenvalue weighted by Gasteiger charge is 2.31. The Hall–Kier alpha value is -2.66. The molecule has 1 fully saturated rings. The van der Waals surface area contributed by atoms with Crippen LogP contribution in [0, 0.1) is 26.7 Å². The molecule has 0 unspecified atom stereocenters. The number of benzene rings is 2. The topological polar surface area (TPSA) is 42.4 Å². The fraction of sp³-hybridized carbons (Fsp3) is 0.385. The molecule has 1 saturated carbocycles. The summed E-state index contributed by atoms with van der Waals surface area (Å²) in [5, 5.41) is 0.757. The number of anilines is 2. The normalized spacial score (nSPS) is 14.5. The minimum absolute atomic E-state index is 0.0716. The Morgan fingerprint density at radius 1 is 1.03 bits per heavy atom. The second kappa shape index (κ2) is 9.23. The zero-order valence-corrected chi connectivity index (χ0v) is 19.6. The first-order chi connectivity index (χ1) is 15.0. The van der Waals surface area contributed by atoms with Crippen molar-refractivity contribution in [1.82, 2.24) is 4.98 Å². The molecule has 0 saturated heterocycles. The molecule has 0 radical (unpaired) electrons. The molecule has 0 atom stereocenters. The highest BCUT2D eigenvalue weighted by Crippen LogP contribution is 2.40.